The van der Waals surface area contributed by atoms with Gasteiger partial charge in [-0.15, -0.1) is 0 Å². The highest BCUT2D eigenvalue weighted by atomic mass is 15.1. The second-order valence-corrected chi connectivity index (χ2v) is 5.01. The van der Waals surface area contributed by atoms with Crippen LogP contribution in [0.3, 0.4) is 0 Å². The average Bonchev–Trinajstić information content (AvgIpc) is 2.19. The largest absolute Gasteiger partial charge is 0.384 e. The van der Waals surface area contributed by atoms with Crippen molar-refractivity contribution in [2.24, 2.45) is 5.92 Å². The van der Waals surface area contributed by atoms with Crippen LogP contribution in [0.15, 0.2) is 18.3 Å². The van der Waals surface area contributed by atoms with E-state index in [0.29, 0.717) is 17.8 Å². The van der Waals surface area contributed by atoms with Gasteiger partial charge in [0.2, 0.25) is 0 Å². The molecular weight excluding hydrogens is 198 g/mol. The molecule has 16 heavy (non-hydrogen) atoms. The molecule has 0 unspecified atom stereocenters. The molecule has 0 amide bonds. The molecule has 0 aliphatic carbocycles. The van der Waals surface area contributed by atoms with Crippen LogP contribution in [0.4, 0.5) is 5.82 Å². The summed E-state index contributed by atoms with van der Waals surface area (Å²) >= 11 is 0. The van der Waals surface area contributed by atoms with E-state index in [2.05, 4.69) is 43.6 Å². The third-order valence-corrected chi connectivity index (χ3v) is 2.56. The molecule has 0 aromatic carbocycles. The number of hydrogen-bond donors (Lipinski definition) is 1. The van der Waals surface area contributed by atoms with E-state index in [0.717, 1.165) is 13.1 Å². The molecule has 0 saturated heterocycles. The zero-order valence-electron chi connectivity index (χ0n) is 10.8. The summed E-state index contributed by atoms with van der Waals surface area (Å²) in [6.45, 7) is 11.0. The Kier molecular flexibility index (Phi) is 4.74. The molecule has 0 fully saturated rings. The second kappa shape index (κ2) is 5.85. The molecule has 1 heterocycles. The molecule has 3 heteroatoms. The van der Waals surface area contributed by atoms with Crippen molar-refractivity contribution in [3.05, 3.63) is 23.9 Å². The molecular formula is C13H23N3. The zero-order valence-corrected chi connectivity index (χ0v) is 10.8. The molecule has 0 atom stereocenters. The smallest absolute Gasteiger partial charge is 0.123 e. The third kappa shape index (κ3) is 4.19. The van der Waals surface area contributed by atoms with Crippen molar-refractivity contribution >= 4 is 5.82 Å². The van der Waals surface area contributed by atoms with Crippen molar-refractivity contribution in [1.29, 1.82) is 0 Å². The maximum absolute atomic E-state index is 5.57. The van der Waals surface area contributed by atoms with E-state index in [9.17, 15) is 0 Å². The number of aromatic nitrogens is 1. The van der Waals surface area contributed by atoms with Crippen molar-refractivity contribution in [2.75, 3.05) is 12.3 Å². The highest BCUT2D eigenvalue weighted by molar-refractivity contribution is 5.29. The minimum absolute atomic E-state index is 0.556. The molecule has 1 rings (SSSR count). The van der Waals surface area contributed by atoms with Gasteiger partial charge < -0.3 is 5.73 Å². The van der Waals surface area contributed by atoms with Gasteiger partial charge >= 0.3 is 0 Å². The molecule has 0 spiro atoms. The van der Waals surface area contributed by atoms with Crippen LogP contribution in [-0.2, 0) is 6.54 Å². The Bertz CT molecular complexity index is 303. The Morgan fingerprint density at radius 3 is 2.38 bits per heavy atom. The summed E-state index contributed by atoms with van der Waals surface area (Å²) in [5.74, 6) is 1.27. The molecule has 0 saturated carbocycles. The maximum atomic E-state index is 5.57. The second-order valence-electron chi connectivity index (χ2n) is 5.01. The Labute approximate surface area is 98.7 Å². The number of rotatable bonds is 5. The topological polar surface area (TPSA) is 42.1 Å². The number of anilines is 1. The monoisotopic (exact) mass is 221 g/mol. The lowest BCUT2D eigenvalue weighted by Gasteiger charge is -2.28. The van der Waals surface area contributed by atoms with Crippen LogP contribution in [0.5, 0.6) is 0 Å². The van der Waals surface area contributed by atoms with Crippen LogP contribution in [-0.4, -0.2) is 22.5 Å². The Morgan fingerprint density at radius 2 is 1.94 bits per heavy atom. The van der Waals surface area contributed by atoms with E-state index in [1.54, 1.807) is 0 Å². The van der Waals surface area contributed by atoms with Gasteiger partial charge in [0.1, 0.15) is 5.82 Å². The van der Waals surface area contributed by atoms with Gasteiger partial charge in [0.15, 0.2) is 0 Å². The quantitative estimate of drug-likeness (QED) is 0.830. The van der Waals surface area contributed by atoms with Gasteiger partial charge in [-0.05, 0) is 31.4 Å². The fourth-order valence-corrected chi connectivity index (χ4v) is 1.69. The molecule has 0 aliphatic heterocycles. The number of hydrogen-bond acceptors (Lipinski definition) is 3. The fourth-order valence-electron chi connectivity index (χ4n) is 1.69. The first kappa shape index (κ1) is 13.0. The molecule has 2 N–H and O–H groups in total. The zero-order chi connectivity index (χ0) is 12.1. The molecule has 0 radical (unpaired) electrons. The van der Waals surface area contributed by atoms with Crippen LogP contribution in [0.2, 0.25) is 0 Å². The van der Waals surface area contributed by atoms with Crippen molar-refractivity contribution < 1.29 is 0 Å². The summed E-state index contributed by atoms with van der Waals surface area (Å²) in [6, 6.07) is 4.47. The van der Waals surface area contributed by atoms with E-state index >= 15 is 0 Å². The van der Waals surface area contributed by atoms with E-state index in [1.165, 1.54) is 5.56 Å². The Morgan fingerprint density at radius 1 is 1.25 bits per heavy atom. The molecule has 90 valence electrons. The molecule has 3 nitrogen and oxygen atoms in total. The Balaban J connectivity index is 2.64. The molecule has 1 aromatic rings. The minimum Gasteiger partial charge on any atom is -0.384 e. The van der Waals surface area contributed by atoms with Crippen molar-refractivity contribution in [1.82, 2.24) is 9.88 Å². The van der Waals surface area contributed by atoms with E-state index < -0.39 is 0 Å². The number of pyridine rings is 1. The lowest BCUT2D eigenvalue weighted by molar-refractivity contribution is 0.189. The van der Waals surface area contributed by atoms with E-state index in [4.69, 9.17) is 5.73 Å². The van der Waals surface area contributed by atoms with Crippen LogP contribution in [0, 0.1) is 5.92 Å². The van der Waals surface area contributed by atoms with Crippen LogP contribution >= 0.6 is 0 Å². The highest BCUT2D eigenvalue weighted by Gasteiger charge is 2.11. The normalized spacial score (nSPS) is 11.7. The average molecular weight is 221 g/mol. The molecule has 0 bridgehead atoms. The number of nitrogens with two attached hydrogens (primary N) is 1. The number of nitrogens with zero attached hydrogens (tertiary/aromatic N) is 2. The van der Waals surface area contributed by atoms with Gasteiger partial charge in [-0.3, -0.25) is 4.90 Å². The highest BCUT2D eigenvalue weighted by Crippen LogP contribution is 2.11. The van der Waals surface area contributed by atoms with Crippen LogP contribution in [0.25, 0.3) is 0 Å². The summed E-state index contributed by atoms with van der Waals surface area (Å²) in [6.07, 6.45) is 1.87. The van der Waals surface area contributed by atoms with E-state index in [1.807, 2.05) is 12.3 Å². The Hall–Kier alpha value is -1.09. The van der Waals surface area contributed by atoms with Gasteiger partial charge in [-0.25, -0.2) is 4.98 Å². The first-order valence-electron chi connectivity index (χ1n) is 5.93. The minimum atomic E-state index is 0.556. The van der Waals surface area contributed by atoms with Crippen LogP contribution < -0.4 is 5.73 Å². The fraction of sp³-hybridized carbons (Fsp3) is 0.615. The molecule has 1 aromatic heterocycles. The summed E-state index contributed by atoms with van der Waals surface area (Å²) in [5.41, 5.74) is 6.80. The first-order valence-corrected chi connectivity index (χ1v) is 5.93. The van der Waals surface area contributed by atoms with Crippen molar-refractivity contribution in [3.8, 4) is 0 Å². The van der Waals surface area contributed by atoms with Gasteiger partial charge in [0, 0.05) is 25.3 Å². The van der Waals surface area contributed by atoms with Crippen molar-refractivity contribution in [2.45, 2.75) is 40.3 Å². The summed E-state index contributed by atoms with van der Waals surface area (Å²) in [4.78, 5) is 6.58. The SMILES string of the molecule is CC(C)CN(Cc1ccc(N)nc1)C(C)C. The standard InChI is InChI=1S/C13H23N3/c1-10(2)8-16(11(3)4)9-12-5-6-13(14)15-7-12/h5-7,10-11H,8-9H2,1-4H3,(H2,14,15). The molecule has 0 aliphatic rings. The summed E-state index contributed by atoms with van der Waals surface area (Å²) < 4.78 is 0. The lowest BCUT2D eigenvalue weighted by Crippen LogP contribution is -2.33. The third-order valence-electron chi connectivity index (χ3n) is 2.56. The van der Waals surface area contributed by atoms with Crippen molar-refractivity contribution in [3.63, 3.8) is 0 Å². The summed E-state index contributed by atoms with van der Waals surface area (Å²) in [7, 11) is 0. The van der Waals surface area contributed by atoms with Gasteiger partial charge in [0.25, 0.3) is 0 Å². The predicted molar refractivity (Wildman–Crippen MR) is 69.0 cm³/mol. The first-order chi connectivity index (χ1) is 7.49. The number of nitrogen functional groups attached to an aromatic ring is 1. The maximum Gasteiger partial charge on any atom is 0.123 e. The summed E-state index contributed by atoms with van der Waals surface area (Å²) in [5, 5.41) is 0. The van der Waals surface area contributed by atoms with E-state index in [-0.39, 0.29) is 0 Å². The van der Waals surface area contributed by atoms with Gasteiger partial charge in [-0.1, -0.05) is 19.9 Å². The van der Waals surface area contributed by atoms with Crippen LogP contribution in [0.1, 0.15) is 33.3 Å². The lowest BCUT2D eigenvalue weighted by atomic mass is 10.1. The van der Waals surface area contributed by atoms with Gasteiger partial charge in [0.05, 0.1) is 0 Å². The van der Waals surface area contributed by atoms with Gasteiger partial charge in [-0.2, -0.15) is 0 Å². The predicted octanol–water partition coefficient (Wildman–Crippen LogP) is 2.53.